The first-order valence-corrected chi connectivity index (χ1v) is 6.99. The van der Waals surface area contributed by atoms with E-state index >= 15 is 0 Å². The molecule has 0 aliphatic rings. The van der Waals surface area contributed by atoms with Crippen molar-refractivity contribution >= 4 is 45.3 Å². The number of hydrogen-bond acceptors (Lipinski definition) is 3. The maximum Gasteiger partial charge on any atom is 0.286 e. The van der Waals surface area contributed by atoms with Gasteiger partial charge in [0, 0.05) is 27.2 Å². The van der Waals surface area contributed by atoms with Crippen LogP contribution in [0.2, 0.25) is 0 Å². The first kappa shape index (κ1) is 13.6. The van der Waals surface area contributed by atoms with E-state index in [4.69, 9.17) is 5.73 Å². The van der Waals surface area contributed by atoms with E-state index in [2.05, 4.69) is 22.6 Å². The van der Waals surface area contributed by atoms with Crippen molar-refractivity contribution in [2.45, 2.75) is 18.7 Å². The first-order chi connectivity index (χ1) is 7.58. The van der Waals surface area contributed by atoms with Gasteiger partial charge in [0.05, 0.1) is 0 Å². The van der Waals surface area contributed by atoms with Crippen LogP contribution >= 0.6 is 34.4 Å². The minimum absolute atomic E-state index is 0.0746. The normalized spacial score (nSPS) is 10.2. The molecule has 0 spiro atoms. The van der Waals surface area contributed by atoms with Crippen LogP contribution in [0.5, 0.6) is 0 Å². The zero-order valence-corrected chi connectivity index (χ0v) is 12.3. The van der Waals surface area contributed by atoms with Gasteiger partial charge in [-0.2, -0.15) is 0 Å². The fourth-order valence-electron chi connectivity index (χ4n) is 1.23. The van der Waals surface area contributed by atoms with Crippen molar-refractivity contribution in [3.05, 3.63) is 21.8 Å². The topological polar surface area (TPSA) is 46.3 Å². The number of thioether (sulfide) groups is 1. The lowest BCUT2D eigenvalue weighted by Crippen LogP contribution is -2.26. The Bertz CT molecular complexity index is 380. The summed E-state index contributed by atoms with van der Waals surface area (Å²) in [6.45, 7) is 5.43. The number of rotatable bonds is 3. The third-order valence-corrected chi connectivity index (χ3v) is 4.10. The number of halogens is 1. The Morgan fingerprint density at radius 1 is 1.44 bits per heavy atom. The summed E-state index contributed by atoms with van der Waals surface area (Å²) < 4.78 is 1.01. The predicted molar refractivity (Wildman–Crippen MR) is 77.7 cm³/mol. The Hall–Kier alpha value is -0.430. The lowest BCUT2D eigenvalue weighted by molar-refractivity contribution is 0.228. The predicted octanol–water partition coefficient (Wildman–Crippen LogP) is 3.43. The molecule has 1 aromatic carbocycles. The highest BCUT2D eigenvalue weighted by atomic mass is 127. The monoisotopic (exact) mass is 350 g/mol. The van der Waals surface area contributed by atoms with Gasteiger partial charge in [-0.25, -0.2) is 0 Å². The molecule has 88 valence electrons. The second-order valence-corrected chi connectivity index (χ2v) is 5.41. The second-order valence-electron chi connectivity index (χ2n) is 3.22. The quantitative estimate of drug-likeness (QED) is 0.516. The van der Waals surface area contributed by atoms with E-state index in [9.17, 15) is 4.79 Å². The van der Waals surface area contributed by atoms with Crippen molar-refractivity contribution in [3.63, 3.8) is 0 Å². The van der Waals surface area contributed by atoms with E-state index in [0.29, 0.717) is 0 Å². The number of carbonyl (C=O) groups is 1. The number of anilines is 1. The number of nitrogens with zero attached hydrogens (tertiary/aromatic N) is 1. The van der Waals surface area contributed by atoms with Crippen LogP contribution in [-0.4, -0.2) is 23.2 Å². The highest BCUT2D eigenvalue weighted by Gasteiger charge is 2.11. The number of nitrogen functional groups attached to an aromatic ring is 1. The number of hydrogen-bond donors (Lipinski definition) is 1. The Balaban J connectivity index is 2.73. The van der Waals surface area contributed by atoms with Crippen LogP contribution in [0.4, 0.5) is 10.5 Å². The molecule has 0 aromatic heterocycles. The molecule has 0 bridgehead atoms. The molecule has 0 fully saturated rings. The molecule has 0 unspecified atom stereocenters. The molecule has 0 saturated heterocycles. The number of nitrogens with two attached hydrogens (primary N) is 1. The smallest absolute Gasteiger partial charge is 0.286 e. The van der Waals surface area contributed by atoms with Gasteiger partial charge in [0.2, 0.25) is 0 Å². The Labute approximate surface area is 114 Å². The van der Waals surface area contributed by atoms with Gasteiger partial charge < -0.3 is 10.6 Å². The molecule has 0 saturated carbocycles. The zero-order chi connectivity index (χ0) is 12.1. The average molecular weight is 350 g/mol. The molecule has 0 aliphatic carbocycles. The van der Waals surface area contributed by atoms with E-state index in [1.807, 2.05) is 32.0 Å². The Morgan fingerprint density at radius 2 is 2.06 bits per heavy atom. The Kier molecular flexibility index (Phi) is 5.40. The maximum absolute atomic E-state index is 11.8. The summed E-state index contributed by atoms with van der Waals surface area (Å²) in [6, 6.07) is 5.69. The van der Waals surface area contributed by atoms with Crippen LogP contribution in [0.1, 0.15) is 13.8 Å². The molecular formula is C11H15IN2OS. The largest absolute Gasteiger partial charge is 0.398 e. The van der Waals surface area contributed by atoms with Gasteiger partial charge in [-0.3, -0.25) is 4.79 Å². The highest BCUT2D eigenvalue weighted by Crippen LogP contribution is 2.26. The Morgan fingerprint density at radius 3 is 2.56 bits per heavy atom. The average Bonchev–Trinajstić information content (AvgIpc) is 2.25. The van der Waals surface area contributed by atoms with Crippen LogP contribution in [0.15, 0.2) is 23.1 Å². The van der Waals surface area contributed by atoms with Gasteiger partial charge in [-0.1, -0.05) is 0 Å². The van der Waals surface area contributed by atoms with Gasteiger partial charge >= 0.3 is 0 Å². The molecule has 0 atom stereocenters. The minimum Gasteiger partial charge on any atom is -0.398 e. The van der Waals surface area contributed by atoms with Gasteiger partial charge in [0.1, 0.15) is 0 Å². The van der Waals surface area contributed by atoms with Crippen molar-refractivity contribution in [1.29, 1.82) is 0 Å². The molecule has 0 heterocycles. The molecule has 1 amide bonds. The molecule has 5 heteroatoms. The summed E-state index contributed by atoms with van der Waals surface area (Å²) in [7, 11) is 0. The molecule has 2 N–H and O–H groups in total. The van der Waals surface area contributed by atoms with Crippen molar-refractivity contribution in [3.8, 4) is 0 Å². The molecular weight excluding hydrogens is 335 g/mol. The molecule has 1 rings (SSSR count). The van der Waals surface area contributed by atoms with Crippen molar-refractivity contribution in [1.82, 2.24) is 4.90 Å². The molecule has 3 nitrogen and oxygen atoms in total. The van der Waals surface area contributed by atoms with Crippen LogP contribution in [-0.2, 0) is 0 Å². The van der Waals surface area contributed by atoms with Crippen LogP contribution in [0, 0.1) is 3.57 Å². The van der Waals surface area contributed by atoms with E-state index in [1.165, 1.54) is 11.8 Å². The number of carbonyl (C=O) groups excluding carboxylic acids is 1. The zero-order valence-electron chi connectivity index (χ0n) is 9.37. The lowest BCUT2D eigenvalue weighted by atomic mass is 10.3. The van der Waals surface area contributed by atoms with Gasteiger partial charge in [-0.15, -0.1) is 0 Å². The van der Waals surface area contributed by atoms with E-state index in [-0.39, 0.29) is 5.24 Å². The van der Waals surface area contributed by atoms with E-state index in [1.54, 1.807) is 4.90 Å². The van der Waals surface area contributed by atoms with Gasteiger partial charge in [0.15, 0.2) is 0 Å². The van der Waals surface area contributed by atoms with E-state index < -0.39 is 0 Å². The van der Waals surface area contributed by atoms with Gasteiger partial charge in [0.25, 0.3) is 5.24 Å². The summed E-state index contributed by atoms with van der Waals surface area (Å²) in [6.07, 6.45) is 0. The fourth-order valence-corrected chi connectivity index (χ4v) is 2.48. The third-order valence-electron chi connectivity index (χ3n) is 2.19. The van der Waals surface area contributed by atoms with Crippen LogP contribution in [0.3, 0.4) is 0 Å². The summed E-state index contributed by atoms with van der Waals surface area (Å²) in [5.74, 6) is 0. The summed E-state index contributed by atoms with van der Waals surface area (Å²) in [5, 5.41) is 0.0746. The minimum atomic E-state index is 0.0746. The summed E-state index contributed by atoms with van der Waals surface area (Å²) >= 11 is 3.40. The van der Waals surface area contributed by atoms with Crippen molar-refractivity contribution in [2.75, 3.05) is 18.8 Å². The summed E-state index contributed by atoms with van der Waals surface area (Å²) in [4.78, 5) is 14.5. The second kappa shape index (κ2) is 6.34. The number of benzene rings is 1. The van der Waals surface area contributed by atoms with Crippen LogP contribution < -0.4 is 5.73 Å². The van der Waals surface area contributed by atoms with E-state index in [0.717, 1.165) is 27.2 Å². The standard InChI is InChI=1S/C11H15IN2OS/c1-3-14(4-2)11(15)16-8-5-6-9(12)10(13)7-8/h5-7H,3-4,13H2,1-2H3. The fraction of sp³-hybridized carbons (Fsp3) is 0.364. The van der Waals surface area contributed by atoms with Crippen molar-refractivity contribution < 1.29 is 4.79 Å². The molecule has 0 aliphatic heterocycles. The van der Waals surface area contributed by atoms with Crippen LogP contribution in [0.25, 0.3) is 0 Å². The lowest BCUT2D eigenvalue weighted by Gasteiger charge is -2.17. The third kappa shape index (κ3) is 3.55. The maximum atomic E-state index is 11.8. The SMILES string of the molecule is CCN(CC)C(=O)Sc1ccc(I)c(N)c1. The molecule has 16 heavy (non-hydrogen) atoms. The molecule has 0 radical (unpaired) electrons. The van der Waals surface area contributed by atoms with Crippen molar-refractivity contribution in [2.24, 2.45) is 0 Å². The molecule has 1 aromatic rings. The highest BCUT2D eigenvalue weighted by molar-refractivity contribution is 14.1. The summed E-state index contributed by atoms with van der Waals surface area (Å²) in [5.41, 5.74) is 6.51. The number of amides is 1. The first-order valence-electron chi connectivity index (χ1n) is 5.10. The van der Waals surface area contributed by atoms with Gasteiger partial charge in [-0.05, 0) is 66.4 Å².